The number of hydrogen-bond donors (Lipinski definition) is 0. The molecule has 0 heterocycles. The minimum absolute atomic E-state index is 0.304. The molecule has 0 N–H and O–H groups in total. The van der Waals surface area contributed by atoms with Crippen molar-refractivity contribution < 1.29 is 30.0 Å². The second-order valence-corrected chi connectivity index (χ2v) is 5.53. The Hall–Kier alpha value is -0.305. The molecular formula is C9H17BF4O3S. The molecule has 0 fully saturated rings. The van der Waals surface area contributed by atoms with Crippen LogP contribution in [-0.2, 0) is 14.2 Å². The van der Waals surface area contributed by atoms with Crippen LogP contribution in [0.25, 0.3) is 0 Å². The van der Waals surface area contributed by atoms with Crippen LogP contribution >= 0.6 is 0 Å². The van der Waals surface area contributed by atoms with Crippen LogP contribution in [0, 0.1) is 0 Å². The maximum Gasteiger partial charge on any atom is 0.521 e. The second kappa shape index (κ2) is 7.98. The molecule has 0 rings (SSSR count). The van der Waals surface area contributed by atoms with Crippen molar-refractivity contribution in [2.24, 2.45) is 0 Å². The highest BCUT2D eigenvalue weighted by Crippen LogP contribution is 2.26. The Balaban J connectivity index is 3.82. The van der Waals surface area contributed by atoms with Gasteiger partial charge in [0.1, 0.15) is 0 Å². The number of unbranched alkanes of at least 4 members (excludes halogenated alkanes) is 5. The van der Waals surface area contributed by atoms with E-state index >= 15 is 0 Å². The van der Waals surface area contributed by atoms with Gasteiger partial charge in [-0.25, -0.2) is 0 Å². The van der Waals surface area contributed by atoms with Crippen molar-refractivity contribution in [1.82, 2.24) is 0 Å². The van der Waals surface area contributed by atoms with Crippen LogP contribution in [0.2, 0.25) is 6.32 Å². The fraction of sp³-hybridized carbons (Fsp3) is 1.00. The molecule has 0 unspecified atom stereocenters. The number of rotatable bonds is 9. The van der Waals surface area contributed by atoms with E-state index in [9.17, 15) is 25.9 Å². The third-order valence-electron chi connectivity index (χ3n) is 2.30. The van der Waals surface area contributed by atoms with Crippen molar-refractivity contribution in [3.05, 3.63) is 0 Å². The molecule has 3 nitrogen and oxygen atoms in total. The van der Waals surface area contributed by atoms with Crippen LogP contribution in [0.15, 0.2) is 0 Å². The van der Waals surface area contributed by atoms with Gasteiger partial charge in [0.25, 0.3) is 0 Å². The van der Waals surface area contributed by atoms with Crippen LogP contribution in [-0.4, -0.2) is 21.1 Å². The highest BCUT2D eigenvalue weighted by atomic mass is 32.2. The standard InChI is InChI=1S/C9H17BF4O3S/c1-2-3-4-5-6-7-8-10(14)17-18(15,16)9(11,12)13/h2-8H2,1H3. The number of hydrogen-bond acceptors (Lipinski definition) is 3. The van der Waals surface area contributed by atoms with Gasteiger partial charge >= 0.3 is 22.8 Å². The fourth-order valence-corrected chi connectivity index (χ4v) is 1.81. The molecule has 0 radical (unpaired) electrons. The molecule has 0 atom stereocenters. The Morgan fingerprint density at radius 3 is 2.06 bits per heavy atom. The van der Waals surface area contributed by atoms with E-state index in [2.05, 4.69) is 4.10 Å². The zero-order valence-corrected chi connectivity index (χ0v) is 11.0. The van der Waals surface area contributed by atoms with Crippen LogP contribution in [0.5, 0.6) is 0 Å². The third kappa shape index (κ3) is 7.20. The molecule has 0 aliphatic rings. The maximum absolute atomic E-state index is 12.9. The zero-order valence-electron chi connectivity index (χ0n) is 10.2. The average Bonchev–Trinajstić information content (AvgIpc) is 2.20. The van der Waals surface area contributed by atoms with Crippen molar-refractivity contribution in [3.63, 3.8) is 0 Å². The summed E-state index contributed by atoms with van der Waals surface area (Å²) < 4.78 is 72.7. The molecule has 0 aromatic rings. The lowest BCUT2D eigenvalue weighted by Gasteiger charge is -2.09. The van der Waals surface area contributed by atoms with Crippen molar-refractivity contribution in [3.8, 4) is 0 Å². The molecule has 0 aromatic heterocycles. The zero-order chi connectivity index (χ0) is 14.2. The first kappa shape index (κ1) is 17.7. The highest BCUT2D eigenvalue weighted by Gasteiger charge is 2.49. The molecule has 0 bridgehead atoms. The Kier molecular flexibility index (Phi) is 7.85. The van der Waals surface area contributed by atoms with Gasteiger partial charge in [-0.3, -0.25) is 8.42 Å². The Morgan fingerprint density at radius 1 is 1.06 bits per heavy atom. The van der Waals surface area contributed by atoms with Crippen molar-refractivity contribution in [1.29, 1.82) is 0 Å². The van der Waals surface area contributed by atoms with Crippen molar-refractivity contribution >= 4 is 17.3 Å². The fourth-order valence-electron chi connectivity index (χ4n) is 1.33. The Labute approximate surface area is 105 Å². The molecule has 108 valence electrons. The van der Waals surface area contributed by atoms with Gasteiger partial charge < -0.3 is 0 Å². The first-order valence-electron chi connectivity index (χ1n) is 5.84. The van der Waals surface area contributed by atoms with Crippen molar-refractivity contribution in [2.45, 2.75) is 57.3 Å². The van der Waals surface area contributed by atoms with E-state index in [-0.39, 0.29) is 6.32 Å². The first-order chi connectivity index (χ1) is 8.20. The summed E-state index contributed by atoms with van der Waals surface area (Å²) in [4.78, 5) is 0. The lowest BCUT2D eigenvalue weighted by Crippen LogP contribution is -2.30. The summed E-state index contributed by atoms with van der Waals surface area (Å²) in [5.74, 6) is 0. The van der Waals surface area contributed by atoms with Gasteiger partial charge in [0.05, 0.1) is 0 Å². The largest absolute Gasteiger partial charge is 0.521 e. The van der Waals surface area contributed by atoms with E-state index < -0.39 is 22.8 Å². The van der Waals surface area contributed by atoms with Gasteiger partial charge in [-0.05, 0) is 6.32 Å². The van der Waals surface area contributed by atoms with Crippen molar-refractivity contribution in [2.75, 3.05) is 0 Å². The van der Waals surface area contributed by atoms with Gasteiger partial charge in [0.15, 0.2) is 0 Å². The molecule has 0 spiro atoms. The van der Waals surface area contributed by atoms with E-state index in [1.807, 2.05) is 6.92 Å². The molecule has 0 aliphatic heterocycles. The summed E-state index contributed by atoms with van der Waals surface area (Å²) >= 11 is 0. The molecule has 0 aliphatic carbocycles. The minimum atomic E-state index is -5.82. The van der Waals surface area contributed by atoms with E-state index in [0.717, 1.165) is 25.7 Å². The monoisotopic (exact) mass is 292 g/mol. The molecule has 9 heteroatoms. The average molecular weight is 292 g/mol. The summed E-state index contributed by atoms with van der Waals surface area (Å²) in [5, 5.41) is 0. The Morgan fingerprint density at radius 2 is 1.56 bits per heavy atom. The van der Waals surface area contributed by atoms with Gasteiger partial charge in [-0.15, -0.1) is 0 Å². The van der Waals surface area contributed by atoms with E-state index in [4.69, 9.17) is 0 Å². The van der Waals surface area contributed by atoms with Gasteiger partial charge in [-0.1, -0.05) is 45.4 Å². The van der Waals surface area contributed by atoms with Gasteiger partial charge in [0.2, 0.25) is 0 Å². The summed E-state index contributed by atoms with van der Waals surface area (Å²) in [6.07, 6.45) is 4.55. The lowest BCUT2D eigenvalue weighted by molar-refractivity contribution is -0.0504. The quantitative estimate of drug-likeness (QED) is 0.282. The van der Waals surface area contributed by atoms with Crippen LogP contribution in [0.4, 0.5) is 17.5 Å². The SMILES string of the molecule is CCCCCCCCB(F)OS(=O)(=O)C(F)(F)F. The van der Waals surface area contributed by atoms with Crippen LogP contribution < -0.4 is 0 Å². The van der Waals surface area contributed by atoms with Gasteiger partial charge in [0, 0.05) is 0 Å². The van der Waals surface area contributed by atoms with Gasteiger partial charge in [-0.2, -0.15) is 21.6 Å². The molecule has 0 aromatic carbocycles. The van der Waals surface area contributed by atoms with Crippen LogP contribution in [0.1, 0.15) is 45.4 Å². The highest BCUT2D eigenvalue weighted by molar-refractivity contribution is 7.88. The number of halogens is 4. The topological polar surface area (TPSA) is 43.4 Å². The lowest BCUT2D eigenvalue weighted by atomic mass is 9.86. The first-order valence-corrected chi connectivity index (χ1v) is 7.25. The van der Waals surface area contributed by atoms with E-state index in [1.165, 1.54) is 0 Å². The molecule has 0 saturated heterocycles. The van der Waals surface area contributed by atoms with Crippen LogP contribution in [0.3, 0.4) is 0 Å². The Bertz CT molecular complexity index is 318. The second-order valence-electron chi connectivity index (χ2n) is 3.96. The van der Waals surface area contributed by atoms with E-state index in [0.29, 0.717) is 12.8 Å². The molecule has 0 saturated carbocycles. The van der Waals surface area contributed by atoms with E-state index in [1.54, 1.807) is 0 Å². The summed E-state index contributed by atoms with van der Waals surface area (Å²) in [5.41, 5.74) is -5.57. The molecular weight excluding hydrogens is 275 g/mol. The molecule has 18 heavy (non-hydrogen) atoms. The summed E-state index contributed by atoms with van der Waals surface area (Å²) in [6, 6.07) is 0. The maximum atomic E-state index is 12.9. The summed E-state index contributed by atoms with van der Waals surface area (Å²) in [6.45, 7) is 2.04. The predicted octanol–water partition coefficient (Wildman–Crippen LogP) is 3.67. The normalized spacial score (nSPS) is 12.7. The number of alkyl halides is 3. The summed E-state index contributed by atoms with van der Waals surface area (Å²) in [7, 11) is -8.25. The smallest absolute Gasteiger partial charge is 0.291 e. The minimum Gasteiger partial charge on any atom is -0.291 e. The molecule has 0 amide bonds. The third-order valence-corrected chi connectivity index (χ3v) is 3.33. The predicted molar refractivity (Wildman–Crippen MR) is 61.1 cm³/mol.